The zero-order valence-electron chi connectivity index (χ0n) is 20.7. The Morgan fingerprint density at radius 2 is 1.71 bits per heavy atom. The van der Waals surface area contributed by atoms with Crippen LogP contribution in [0.1, 0.15) is 52.2 Å². The van der Waals surface area contributed by atoms with Crippen LogP contribution in [0.15, 0.2) is 42.5 Å². The van der Waals surface area contributed by atoms with Gasteiger partial charge in [-0.3, -0.25) is 19.3 Å². The summed E-state index contributed by atoms with van der Waals surface area (Å²) in [4.78, 5) is 56.6. The number of hydrogen-bond acceptors (Lipinski definition) is 5. The second-order valence-corrected chi connectivity index (χ2v) is 10.9. The summed E-state index contributed by atoms with van der Waals surface area (Å²) in [6.07, 6.45) is -0.956. The molecule has 2 aromatic carbocycles. The van der Waals surface area contributed by atoms with E-state index in [0.29, 0.717) is 22.0 Å². The maximum absolute atomic E-state index is 14.2. The molecule has 4 amide bonds. The van der Waals surface area contributed by atoms with Crippen molar-refractivity contribution < 1.29 is 23.9 Å². The third kappa shape index (κ3) is 3.92. The molecule has 2 aliphatic heterocycles. The summed E-state index contributed by atoms with van der Waals surface area (Å²) in [5.41, 5.74) is -0.0213. The van der Waals surface area contributed by atoms with E-state index in [1.807, 2.05) is 32.9 Å². The van der Waals surface area contributed by atoms with E-state index in [1.54, 1.807) is 51.1 Å². The van der Waals surface area contributed by atoms with Gasteiger partial charge < -0.3 is 4.74 Å². The van der Waals surface area contributed by atoms with Crippen molar-refractivity contribution in [2.24, 2.45) is 11.8 Å². The lowest BCUT2D eigenvalue weighted by atomic mass is 9.63. The van der Waals surface area contributed by atoms with Gasteiger partial charge in [-0.1, -0.05) is 43.1 Å². The van der Waals surface area contributed by atoms with Gasteiger partial charge in [-0.2, -0.15) is 0 Å². The average Bonchev–Trinajstić information content (AvgIpc) is 3.17. The molecular formula is C27H29ClN2O5. The summed E-state index contributed by atoms with van der Waals surface area (Å²) < 4.78 is 5.56. The molecule has 7 nitrogen and oxygen atoms in total. The normalized spacial score (nSPS) is 22.3. The monoisotopic (exact) mass is 496 g/mol. The third-order valence-corrected chi connectivity index (χ3v) is 6.92. The number of hydrogen-bond donors (Lipinski definition) is 0. The summed E-state index contributed by atoms with van der Waals surface area (Å²) in [5.74, 6) is -2.80. The highest BCUT2D eigenvalue weighted by Crippen LogP contribution is 2.54. The van der Waals surface area contributed by atoms with Gasteiger partial charge >= 0.3 is 6.09 Å². The van der Waals surface area contributed by atoms with Crippen molar-refractivity contribution in [2.45, 2.75) is 59.0 Å². The Labute approximate surface area is 210 Å². The minimum atomic E-state index is -1.41. The van der Waals surface area contributed by atoms with Gasteiger partial charge in [0.1, 0.15) is 5.60 Å². The van der Waals surface area contributed by atoms with Gasteiger partial charge in [-0.05, 0) is 69.5 Å². The second kappa shape index (κ2) is 8.48. The highest BCUT2D eigenvalue weighted by molar-refractivity contribution is 6.31. The first kappa shape index (κ1) is 24.9. The average molecular weight is 497 g/mol. The van der Waals surface area contributed by atoms with Crippen molar-refractivity contribution in [3.05, 3.63) is 58.6 Å². The lowest BCUT2D eigenvalue weighted by Crippen LogP contribution is -2.53. The van der Waals surface area contributed by atoms with Crippen molar-refractivity contribution >= 4 is 46.8 Å². The van der Waals surface area contributed by atoms with Gasteiger partial charge in [-0.25, -0.2) is 9.69 Å². The SMILES string of the molecule is Cc1ccc2c(c1)C(C(C)C)([C@@H]1CC(=O)N(c3ccc(Cl)cc3)C1=O)C(=O)N2C(=O)OC(C)(C)C. The molecule has 8 heteroatoms. The topological polar surface area (TPSA) is 84.0 Å². The van der Waals surface area contributed by atoms with Crippen LogP contribution in [0.3, 0.4) is 0 Å². The third-order valence-electron chi connectivity index (χ3n) is 6.66. The Hall–Kier alpha value is -3.19. The molecule has 0 radical (unpaired) electrons. The lowest BCUT2D eigenvalue weighted by Gasteiger charge is -2.36. The highest BCUT2D eigenvalue weighted by Gasteiger charge is 2.64. The molecule has 1 unspecified atom stereocenters. The quantitative estimate of drug-likeness (QED) is 0.531. The van der Waals surface area contributed by atoms with Gasteiger partial charge in [0.2, 0.25) is 17.7 Å². The zero-order chi connectivity index (χ0) is 25.9. The van der Waals surface area contributed by atoms with Crippen LogP contribution in [0.5, 0.6) is 0 Å². The number of carbonyl (C=O) groups is 4. The van der Waals surface area contributed by atoms with Crippen LogP contribution in [-0.2, 0) is 24.5 Å². The predicted octanol–water partition coefficient (Wildman–Crippen LogP) is 5.40. The minimum Gasteiger partial charge on any atom is -0.443 e. The van der Waals surface area contributed by atoms with Crippen molar-refractivity contribution in [2.75, 3.05) is 9.80 Å². The Balaban J connectivity index is 1.87. The summed E-state index contributed by atoms with van der Waals surface area (Å²) in [6.45, 7) is 10.7. The van der Waals surface area contributed by atoms with Gasteiger partial charge in [0.15, 0.2) is 0 Å². The van der Waals surface area contributed by atoms with Crippen LogP contribution in [0, 0.1) is 18.8 Å². The smallest absolute Gasteiger partial charge is 0.421 e. The van der Waals surface area contributed by atoms with E-state index in [4.69, 9.17) is 16.3 Å². The van der Waals surface area contributed by atoms with Crippen molar-refractivity contribution in [3.8, 4) is 0 Å². The van der Waals surface area contributed by atoms with Gasteiger partial charge in [-0.15, -0.1) is 0 Å². The summed E-state index contributed by atoms with van der Waals surface area (Å²) in [7, 11) is 0. The number of benzene rings is 2. The van der Waals surface area contributed by atoms with Gasteiger partial charge in [0.25, 0.3) is 0 Å². The zero-order valence-corrected chi connectivity index (χ0v) is 21.5. The Kier molecular flexibility index (Phi) is 6.04. The fraction of sp³-hybridized carbons (Fsp3) is 0.407. The van der Waals surface area contributed by atoms with Crippen LogP contribution in [0.2, 0.25) is 5.02 Å². The summed E-state index contributed by atoms with van der Waals surface area (Å²) in [6, 6.07) is 11.8. The minimum absolute atomic E-state index is 0.152. The molecule has 0 aromatic heterocycles. The van der Waals surface area contributed by atoms with E-state index in [0.717, 1.165) is 15.4 Å². The highest BCUT2D eigenvalue weighted by atomic mass is 35.5. The number of halogens is 1. The number of imide groups is 2. The molecule has 4 rings (SSSR count). The second-order valence-electron chi connectivity index (χ2n) is 10.5. The molecule has 2 atom stereocenters. The molecule has 0 saturated carbocycles. The fourth-order valence-electron chi connectivity index (χ4n) is 5.22. The van der Waals surface area contributed by atoms with E-state index in [-0.39, 0.29) is 6.42 Å². The summed E-state index contributed by atoms with van der Waals surface area (Å²) >= 11 is 5.99. The van der Waals surface area contributed by atoms with Crippen LogP contribution in [0.4, 0.5) is 16.2 Å². The van der Waals surface area contributed by atoms with Crippen LogP contribution < -0.4 is 9.80 Å². The van der Waals surface area contributed by atoms with Crippen molar-refractivity contribution in [3.63, 3.8) is 0 Å². The molecule has 0 bridgehead atoms. The van der Waals surface area contributed by atoms with E-state index in [2.05, 4.69) is 0 Å². The molecule has 35 heavy (non-hydrogen) atoms. The maximum atomic E-state index is 14.2. The first-order valence-corrected chi connectivity index (χ1v) is 12.0. The van der Waals surface area contributed by atoms with E-state index in [9.17, 15) is 19.2 Å². The van der Waals surface area contributed by atoms with Gasteiger partial charge in [0, 0.05) is 11.4 Å². The number of anilines is 2. The van der Waals surface area contributed by atoms with Crippen LogP contribution >= 0.6 is 11.6 Å². The molecule has 2 heterocycles. The summed E-state index contributed by atoms with van der Waals surface area (Å²) in [5, 5.41) is 0.478. The standard InChI is InChI=1S/C27H29ClN2O5/c1-15(2)27(20-14-22(31)29(23(20)32)18-10-8-17(28)9-11-18)19-13-16(3)7-12-21(19)30(24(27)33)25(34)35-26(4,5)6/h7-13,15,20H,14H2,1-6H3/t20-,27?/m1/s1. The molecular weight excluding hydrogens is 468 g/mol. The number of aryl methyl sites for hydroxylation is 1. The first-order chi connectivity index (χ1) is 16.3. The van der Waals surface area contributed by atoms with E-state index < -0.39 is 46.7 Å². The van der Waals surface area contributed by atoms with Crippen molar-refractivity contribution in [1.82, 2.24) is 0 Å². The molecule has 184 valence electrons. The van der Waals surface area contributed by atoms with Crippen LogP contribution in [0.25, 0.3) is 0 Å². The maximum Gasteiger partial charge on any atom is 0.421 e. The number of carbonyl (C=O) groups excluding carboxylic acids is 4. The molecule has 1 fully saturated rings. The predicted molar refractivity (Wildman–Crippen MR) is 133 cm³/mol. The Bertz CT molecular complexity index is 1230. The van der Waals surface area contributed by atoms with Crippen molar-refractivity contribution in [1.29, 1.82) is 0 Å². The molecule has 2 aromatic rings. The largest absolute Gasteiger partial charge is 0.443 e. The molecule has 0 N–H and O–H groups in total. The molecule has 2 aliphatic rings. The van der Waals surface area contributed by atoms with E-state index in [1.165, 1.54) is 0 Å². The van der Waals surface area contributed by atoms with Gasteiger partial charge in [0.05, 0.1) is 22.7 Å². The Morgan fingerprint density at radius 1 is 1.09 bits per heavy atom. The number of ether oxygens (including phenoxy) is 1. The van der Waals surface area contributed by atoms with Crippen LogP contribution in [-0.4, -0.2) is 29.4 Å². The molecule has 0 aliphatic carbocycles. The fourth-order valence-corrected chi connectivity index (χ4v) is 5.35. The lowest BCUT2D eigenvalue weighted by molar-refractivity contribution is -0.133. The van der Waals surface area contributed by atoms with E-state index >= 15 is 0 Å². The number of nitrogens with zero attached hydrogens (tertiary/aromatic N) is 2. The first-order valence-electron chi connectivity index (χ1n) is 11.6. The number of fused-ring (bicyclic) bond motifs is 1. The number of amides is 4. The Morgan fingerprint density at radius 3 is 2.29 bits per heavy atom. The number of rotatable bonds is 3. The molecule has 1 saturated heterocycles. The molecule has 0 spiro atoms.